The number of aromatic nitrogens is 1. The number of pyridine rings is 1. The molecule has 2 heterocycles. The number of carbonyl (C=O) groups is 1. The maximum Gasteiger partial charge on any atom is 0.410 e. The maximum atomic E-state index is 12.4. The van der Waals surface area contributed by atoms with Crippen LogP contribution in [-0.4, -0.2) is 49.8 Å². The lowest BCUT2D eigenvalue weighted by molar-refractivity contribution is 0.0604. The first-order valence-corrected chi connectivity index (χ1v) is 13.6. The Kier molecular flexibility index (Phi) is 7.70. The Hall–Kier alpha value is -3.39. The molecule has 0 spiro atoms. The van der Waals surface area contributed by atoms with E-state index in [0.29, 0.717) is 24.8 Å². The van der Waals surface area contributed by atoms with Crippen molar-refractivity contribution < 1.29 is 22.7 Å². The molecule has 3 aromatic rings. The molecule has 0 bridgehead atoms. The predicted molar refractivity (Wildman–Crippen MR) is 134 cm³/mol. The molecule has 1 aliphatic rings. The Bertz CT molecular complexity index is 1220. The Morgan fingerprint density at radius 2 is 1.71 bits per heavy atom. The van der Waals surface area contributed by atoms with Crippen molar-refractivity contribution >= 4 is 15.9 Å². The molecule has 1 saturated heterocycles. The number of hydrogen-bond acceptors (Lipinski definition) is 6. The van der Waals surface area contributed by atoms with E-state index in [1.165, 1.54) is 6.26 Å². The molecule has 1 atom stereocenters. The average Bonchev–Trinajstić information content (AvgIpc) is 2.88. The minimum Gasteiger partial charge on any atom is -0.489 e. The van der Waals surface area contributed by atoms with Crippen molar-refractivity contribution in [2.24, 2.45) is 5.92 Å². The standard InChI is InChI=1S/C27H30N2O5S/c1-20(22-14-16-29(17-15-22)27(30)33-19-21-6-4-3-5-7-21)34-24-10-13-26(28-18-24)23-8-11-25(12-9-23)35(2,31)32/h3-13,18,20,22H,14-17,19H2,1-2H3. The molecule has 4 rings (SSSR count). The van der Waals surface area contributed by atoms with Gasteiger partial charge in [-0.25, -0.2) is 13.2 Å². The summed E-state index contributed by atoms with van der Waals surface area (Å²) >= 11 is 0. The lowest BCUT2D eigenvalue weighted by atomic mass is 9.92. The second-order valence-corrected chi connectivity index (χ2v) is 10.9. The fourth-order valence-corrected chi connectivity index (χ4v) is 4.80. The summed E-state index contributed by atoms with van der Waals surface area (Å²) < 4.78 is 34.9. The van der Waals surface area contributed by atoms with Crippen LogP contribution in [0.4, 0.5) is 4.79 Å². The normalized spacial score (nSPS) is 15.4. The lowest BCUT2D eigenvalue weighted by Gasteiger charge is -2.34. The van der Waals surface area contributed by atoms with Crippen molar-refractivity contribution in [2.75, 3.05) is 19.3 Å². The predicted octanol–water partition coefficient (Wildman–Crippen LogP) is 4.97. The number of carbonyl (C=O) groups excluding carboxylic acids is 1. The summed E-state index contributed by atoms with van der Waals surface area (Å²) in [6.07, 6.45) is 4.28. The second kappa shape index (κ2) is 10.9. The molecule has 0 N–H and O–H groups in total. The van der Waals surface area contributed by atoms with Crippen molar-refractivity contribution in [1.29, 1.82) is 0 Å². The van der Waals surface area contributed by atoms with Crippen molar-refractivity contribution in [2.45, 2.75) is 37.4 Å². The molecule has 8 heteroatoms. The molecule has 1 amide bonds. The van der Waals surface area contributed by atoms with Gasteiger partial charge in [0.1, 0.15) is 12.4 Å². The molecule has 2 aromatic carbocycles. The third kappa shape index (κ3) is 6.60. The van der Waals surface area contributed by atoms with Gasteiger partial charge in [-0.1, -0.05) is 42.5 Å². The van der Waals surface area contributed by atoms with Crippen molar-refractivity contribution in [3.05, 3.63) is 78.5 Å². The summed E-state index contributed by atoms with van der Waals surface area (Å²) in [5.41, 5.74) is 2.55. The van der Waals surface area contributed by atoms with E-state index < -0.39 is 9.84 Å². The molecular formula is C27H30N2O5S. The number of piperidine rings is 1. The summed E-state index contributed by atoms with van der Waals surface area (Å²) in [6.45, 7) is 3.62. The van der Waals surface area contributed by atoms with Gasteiger partial charge in [0.05, 0.1) is 22.9 Å². The van der Waals surface area contributed by atoms with Gasteiger partial charge in [-0.2, -0.15) is 0 Å². The van der Waals surface area contributed by atoms with Crippen LogP contribution in [0.1, 0.15) is 25.3 Å². The summed E-state index contributed by atoms with van der Waals surface area (Å²) in [7, 11) is -3.22. The first-order valence-electron chi connectivity index (χ1n) is 11.7. The molecule has 7 nitrogen and oxygen atoms in total. The van der Waals surface area contributed by atoms with E-state index in [2.05, 4.69) is 4.98 Å². The minimum absolute atomic E-state index is 0.0146. The molecule has 1 aliphatic heterocycles. The van der Waals surface area contributed by atoms with Crippen LogP contribution in [0.25, 0.3) is 11.3 Å². The van der Waals surface area contributed by atoms with Gasteiger partial charge in [0.25, 0.3) is 0 Å². The topological polar surface area (TPSA) is 85.8 Å². The Labute approximate surface area is 206 Å². The third-order valence-electron chi connectivity index (χ3n) is 6.30. The van der Waals surface area contributed by atoms with Crippen molar-refractivity contribution in [1.82, 2.24) is 9.88 Å². The van der Waals surface area contributed by atoms with Crippen LogP contribution in [-0.2, 0) is 21.2 Å². The van der Waals surface area contributed by atoms with Crippen LogP contribution < -0.4 is 4.74 Å². The molecule has 0 saturated carbocycles. The number of rotatable bonds is 7. The highest BCUT2D eigenvalue weighted by Crippen LogP contribution is 2.26. The van der Waals surface area contributed by atoms with Gasteiger partial charge in [-0.15, -0.1) is 0 Å². The van der Waals surface area contributed by atoms with Crippen LogP contribution in [0, 0.1) is 5.92 Å². The number of benzene rings is 2. The number of ether oxygens (including phenoxy) is 2. The molecule has 1 fully saturated rings. The highest BCUT2D eigenvalue weighted by Gasteiger charge is 2.28. The quantitative estimate of drug-likeness (QED) is 0.461. The Morgan fingerprint density at radius 1 is 1.03 bits per heavy atom. The number of amides is 1. The zero-order chi connectivity index (χ0) is 24.8. The molecule has 1 aromatic heterocycles. The SMILES string of the molecule is CC(Oc1ccc(-c2ccc(S(C)(=O)=O)cc2)nc1)C1CCN(C(=O)OCc2ccccc2)CC1. The van der Waals surface area contributed by atoms with Crippen molar-refractivity contribution in [3.8, 4) is 17.0 Å². The second-order valence-electron chi connectivity index (χ2n) is 8.86. The lowest BCUT2D eigenvalue weighted by Crippen LogP contribution is -2.42. The largest absolute Gasteiger partial charge is 0.489 e. The van der Waals surface area contributed by atoms with E-state index >= 15 is 0 Å². The molecular weight excluding hydrogens is 464 g/mol. The molecule has 184 valence electrons. The van der Waals surface area contributed by atoms with Gasteiger partial charge in [0, 0.05) is 24.9 Å². The number of likely N-dealkylation sites (tertiary alicyclic amines) is 1. The highest BCUT2D eigenvalue weighted by atomic mass is 32.2. The molecule has 1 unspecified atom stereocenters. The van der Waals surface area contributed by atoms with Gasteiger partial charge in [0.2, 0.25) is 0 Å². The summed E-state index contributed by atoms with van der Waals surface area (Å²) in [4.78, 5) is 18.9. The highest BCUT2D eigenvalue weighted by molar-refractivity contribution is 7.90. The van der Waals surface area contributed by atoms with Gasteiger partial charge in [-0.3, -0.25) is 4.98 Å². The van der Waals surface area contributed by atoms with Gasteiger partial charge in [0.15, 0.2) is 9.84 Å². The molecule has 0 aliphatic carbocycles. The number of hydrogen-bond donors (Lipinski definition) is 0. The smallest absolute Gasteiger partial charge is 0.410 e. The minimum atomic E-state index is -3.22. The average molecular weight is 495 g/mol. The Morgan fingerprint density at radius 3 is 2.31 bits per heavy atom. The van der Waals surface area contributed by atoms with Crippen LogP contribution in [0.3, 0.4) is 0 Å². The molecule has 0 radical (unpaired) electrons. The van der Waals surface area contributed by atoms with E-state index in [1.54, 1.807) is 35.4 Å². The van der Waals surface area contributed by atoms with Gasteiger partial charge in [-0.05, 0) is 55.5 Å². The zero-order valence-corrected chi connectivity index (χ0v) is 20.8. The first kappa shape index (κ1) is 24.7. The summed E-state index contributed by atoms with van der Waals surface area (Å²) in [5, 5.41) is 0. The van der Waals surface area contributed by atoms with Gasteiger partial charge >= 0.3 is 6.09 Å². The summed E-state index contributed by atoms with van der Waals surface area (Å²) in [5.74, 6) is 1.01. The van der Waals surface area contributed by atoms with E-state index in [1.807, 2.05) is 49.4 Å². The first-order chi connectivity index (χ1) is 16.8. The van der Waals surface area contributed by atoms with E-state index in [9.17, 15) is 13.2 Å². The van der Waals surface area contributed by atoms with Crippen LogP contribution in [0.15, 0.2) is 77.8 Å². The summed E-state index contributed by atoms with van der Waals surface area (Å²) in [6, 6.07) is 20.1. The fourth-order valence-electron chi connectivity index (χ4n) is 4.17. The maximum absolute atomic E-state index is 12.4. The van der Waals surface area contributed by atoms with E-state index in [0.717, 1.165) is 29.7 Å². The number of nitrogens with zero attached hydrogens (tertiary/aromatic N) is 2. The molecule has 35 heavy (non-hydrogen) atoms. The van der Waals surface area contributed by atoms with Crippen LogP contribution >= 0.6 is 0 Å². The van der Waals surface area contributed by atoms with Gasteiger partial charge < -0.3 is 14.4 Å². The fraction of sp³-hybridized carbons (Fsp3) is 0.333. The zero-order valence-electron chi connectivity index (χ0n) is 20.0. The third-order valence-corrected chi connectivity index (χ3v) is 7.43. The van der Waals surface area contributed by atoms with Crippen LogP contribution in [0.2, 0.25) is 0 Å². The monoisotopic (exact) mass is 494 g/mol. The van der Waals surface area contributed by atoms with Crippen LogP contribution in [0.5, 0.6) is 5.75 Å². The van der Waals surface area contributed by atoms with E-state index in [-0.39, 0.29) is 23.7 Å². The Balaban J connectivity index is 1.25. The van der Waals surface area contributed by atoms with E-state index in [4.69, 9.17) is 9.47 Å². The van der Waals surface area contributed by atoms with Crippen molar-refractivity contribution in [3.63, 3.8) is 0 Å². The number of sulfone groups is 1.